The molecule has 1 aromatic rings. The van der Waals surface area contributed by atoms with Crippen LogP contribution in [-0.2, 0) is 15.5 Å². The highest BCUT2D eigenvalue weighted by molar-refractivity contribution is 8.13. The molecule has 0 spiro atoms. The molecule has 0 fully saturated rings. The van der Waals surface area contributed by atoms with Gasteiger partial charge in [0.1, 0.15) is 19.0 Å². The largest absolute Gasteiger partial charge is 0.491 e. The zero-order chi connectivity index (χ0) is 12.0. The lowest BCUT2D eigenvalue weighted by Gasteiger charge is -2.04. The summed E-state index contributed by atoms with van der Waals surface area (Å²) in [5.74, 6) is 0.467. The number of hydrogen-bond acceptors (Lipinski definition) is 3. The molecule has 90 valence electrons. The first kappa shape index (κ1) is 13.3. The van der Waals surface area contributed by atoms with Crippen LogP contribution in [0.25, 0.3) is 0 Å². The molecule has 0 heterocycles. The molecule has 0 saturated heterocycles. The van der Waals surface area contributed by atoms with Crippen LogP contribution in [0.1, 0.15) is 5.56 Å². The average Bonchev–Trinajstić information content (AvgIpc) is 2.24. The highest BCUT2D eigenvalue weighted by atomic mass is 35.7. The van der Waals surface area contributed by atoms with Gasteiger partial charge in [0.25, 0.3) is 0 Å². The first-order chi connectivity index (χ1) is 7.51. The van der Waals surface area contributed by atoms with Crippen LogP contribution in [-0.4, -0.2) is 27.5 Å². The lowest BCUT2D eigenvalue weighted by atomic mass is 10.2. The van der Waals surface area contributed by atoms with Crippen molar-refractivity contribution in [3.8, 4) is 5.75 Å². The zero-order valence-electron chi connectivity index (χ0n) is 8.53. The minimum absolute atomic E-state index is 0.0232. The van der Waals surface area contributed by atoms with Gasteiger partial charge < -0.3 is 4.74 Å². The van der Waals surface area contributed by atoms with Crippen molar-refractivity contribution in [1.29, 1.82) is 0 Å². The fourth-order valence-corrected chi connectivity index (χ4v) is 1.86. The van der Waals surface area contributed by atoms with Crippen LogP contribution in [0.2, 0.25) is 0 Å². The Kier molecular flexibility index (Phi) is 5.02. The summed E-state index contributed by atoms with van der Waals surface area (Å²) in [7, 11) is 1.63. The summed E-state index contributed by atoms with van der Waals surface area (Å²) in [6.07, 6.45) is 0.356. The summed E-state index contributed by atoms with van der Waals surface area (Å²) < 4.78 is 38.3. The van der Waals surface area contributed by atoms with Crippen LogP contribution in [0.15, 0.2) is 24.3 Å². The second-order valence-electron chi connectivity index (χ2n) is 3.17. The molecule has 0 aliphatic rings. The van der Waals surface area contributed by atoms with Gasteiger partial charge >= 0.3 is 0 Å². The Balaban J connectivity index is 2.51. The third-order valence-corrected chi connectivity index (χ3v) is 3.06. The van der Waals surface area contributed by atoms with Crippen LogP contribution in [0, 0.1) is 0 Å². The zero-order valence-corrected chi connectivity index (χ0v) is 10.1. The molecule has 0 aromatic heterocycles. The van der Waals surface area contributed by atoms with Gasteiger partial charge in [-0.15, -0.1) is 0 Å². The second-order valence-corrected chi connectivity index (χ2v) is 6.07. The number of alkyl halides is 1. The van der Waals surface area contributed by atoms with Gasteiger partial charge in [-0.25, -0.2) is 12.8 Å². The second kappa shape index (κ2) is 6.06. The molecule has 0 unspecified atom stereocenters. The molecule has 1 rings (SSSR count). The first-order valence-electron chi connectivity index (χ1n) is 4.71. The molecule has 3 nitrogen and oxygen atoms in total. The summed E-state index contributed by atoms with van der Waals surface area (Å²) in [4.78, 5) is 0. The van der Waals surface area contributed by atoms with Gasteiger partial charge in [-0.3, -0.25) is 0 Å². The Morgan fingerprint density at radius 1 is 1.25 bits per heavy atom. The Bertz CT molecular complexity index is 416. The highest BCUT2D eigenvalue weighted by Crippen LogP contribution is 2.13. The van der Waals surface area contributed by atoms with Gasteiger partial charge in [-0.1, -0.05) is 12.1 Å². The number of ether oxygens (including phenoxy) is 1. The van der Waals surface area contributed by atoms with Gasteiger partial charge in [-0.2, -0.15) is 0 Å². The average molecular weight is 267 g/mol. The van der Waals surface area contributed by atoms with Crippen LogP contribution in [0.5, 0.6) is 5.75 Å². The summed E-state index contributed by atoms with van der Waals surface area (Å²) in [5, 5.41) is 0. The van der Waals surface area contributed by atoms with Crippen molar-refractivity contribution in [1.82, 2.24) is 0 Å². The van der Waals surface area contributed by atoms with Crippen LogP contribution >= 0.6 is 10.7 Å². The topological polar surface area (TPSA) is 43.4 Å². The maximum absolute atomic E-state index is 11.8. The van der Waals surface area contributed by atoms with Gasteiger partial charge in [-0.05, 0) is 24.1 Å². The van der Waals surface area contributed by atoms with E-state index in [9.17, 15) is 12.8 Å². The van der Waals surface area contributed by atoms with Gasteiger partial charge in [0.15, 0.2) is 0 Å². The first-order valence-corrected chi connectivity index (χ1v) is 7.19. The van der Waals surface area contributed by atoms with E-state index >= 15 is 0 Å². The smallest absolute Gasteiger partial charge is 0.232 e. The number of aryl methyl sites for hydroxylation is 1. The molecule has 0 atom stereocenters. The normalized spacial score (nSPS) is 11.4. The van der Waals surface area contributed by atoms with Crippen LogP contribution < -0.4 is 4.74 Å². The Hall–Kier alpha value is -0.810. The van der Waals surface area contributed by atoms with Crippen molar-refractivity contribution in [2.45, 2.75) is 6.42 Å². The summed E-state index contributed by atoms with van der Waals surface area (Å²) in [6, 6.07) is 6.81. The molecular weight excluding hydrogens is 255 g/mol. The van der Waals surface area contributed by atoms with E-state index in [4.69, 9.17) is 15.4 Å². The molecular formula is C10H12ClFO3S. The number of hydrogen-bond donors (Lipinski definition) is 0. The van der Waals surface area contributed by atoms with Crippen molar-refractivity contribution < 1.29 is 17.5 Å². The van der Waals surface area contributed by atoms with Gasteiger partial charge in [0.05, 0.1) is 5.75 Å². The number of benzene rings is 1. The molecule has 0 aliphatic carbocycles. The van der Waals surface area contributed by atoms with Gasteiger partial charge in [0.2, 0.25) is 9.05 Å². The fourth-order valence-electron chi connectivity index (χ4n) is 1.15. The lowest BCUT2D eigenvalue weighted by molar-refractivity contribution is 0.273. The summed E-state index contributed by atoms with van der Waals surface area (Å²) in [6.45, 7) is -0.512. The number of halogens is 2. The predicted molar refractivity (Wildman–Crippen MR) is 61.3 cm³/mol. The third-order valence-electron chi connectivity index (χ3n) is 1.90. The highest BCUT2D eigenvalue weighted by Gasteiger charge is 2.05. The maximum atomic E-state index is 11.8. The van der Waals surface area contributed by atoms with E-state index in [1.807, 2.05) is 0 Å². The number of rotatable bonds is 6. The van der Waals surface area contributed by atoms with Crippen LogP contribution in [0.3, 0.4) is 0 Å². The van der Waals surface area contributed by atoms with E-state index in [2.05, 4.69) is 0 Å². The van der Waals surface area contributed by atoms with Crippen molar-refractivity contribution >= 4 is 19.7 Å². The van der Waals surface area contributed by atoms with Crippen molar-refractivity contribution in [2.24, 2.45) is 0 Å². The standard InChI is InChI=1S/C10H12ClFO3S/c11-16(13,14)8-5-9-1-3-10(4-2-9)15-7-6-12/h1-4H,5-8H2. The van der Waals surface area contributed by atoms with E-state index < -0.39 is 15.7 Å². The Labute approximate surface area is 98.6 Å². The molecule has 16 heavy (non-hydrogen) atoms. The van der Waals surface area contributed by atoms with E-state index in [0.29, 0.717) is 12.2 Å². The molecule has 0 aliphatic heterocycles. The maximum Gasteiger partial charge on any atom is 0.232 e. The SMILES string of the molecule is O=S(=O)(Cl)CCc1ccc(OCCF)cc1. The monoisotopic (exact) mass is 266 g/mol. The lowest BCUT2D eigenvalue weighted by Crippen LogP contribution is -2.01. The van der Waals surface area contributed by atoms with E-state index in [-0.39, 0.29) is 12.4 Å². The van der Waals surface area contributed by atoms with Gasteiger partial charge in [0, 0.05) is 10.7 Å². The minimum atomic E-state index is -3.46. The van der Waals surface area contributed by atoms with Crippen molar-refractivity contribution in [2.75, 3.05) is 19.0 Å². The summed E-state index contributed by atoms with van der Waals surface area (Å²) in [5.41, 5.74) is 0.844. The van der Waals surface area contributed by atoms with Crippen molar-refractivity contribution in [3.05, 3.63) is 29.8 Å². The summed E-state index contributed by atoms with van der Waals surface area (Å²) >= 11 is 0. The quantitative estimate of drug-likeness (QED) is 0.741. The van der Waals surface area contributed by atoms with E-state index in [0.717, 1.165) is 5.56 Å². The molecule has 1 aromatic carbocycles. The molecule has 0 radical (unpaired) electrons. The Morgan fingerprint density at radius 2 is 1.88 bits per heavy atom. The minimum Gasteiger partial charge on any atom is -0.491 e. The molecule has 0 amide bonds. The van der Waals surface area contributed by atoms with E-state index in [1.165, 1.54) is 0 Å². The third kappa shape index (κ3) is 5.32. The molecule has 0 bridgehead atoms. The van der Waals surface area contributed by atoms with Crippen molar-refractivity contribution in [3.63, 3.8) is 0 Å². The van der Waals surface area contributed by atoms with E-state index in [1.54, 1.807) is 24.3 Å². The molecule has 0 N–H and O–H groups in total. The molecule has 6 heteroatoms. The Morgan fingerprint density at radius 3 is 2.38 bits per heavy atom. The molecule has 0 saturated carbocycles. The predicted octanol–water partition coefficient (Wildman–Crippen LogP) is 2.15. The fraction of sp³-hybridized carbons (Fsp3) is 0.400. The van der Waals surface area contributed by atoms with Crippen LogP contribution in [0.4, 0.5) is 4.39 Å².